The molecule has 8 heteroatoms. The van der Waals surface area contributed by atoms with Gasteiger partial charge in [-0.15, -0.1) is 0 Å². The van der Waals surface area contributed by atoms with Gasteiger partial charge in [-0.1, -0.05) is 6.07 Å². The van der Waals surface area contributed by atoms with E-state index in [1.807, 2.05) is 32.3 Å². The number of likely N-dealkylation sites (N-methyl/N-ethyl adjacent to an activating group) is 1. The Labute approximate surface area is 161 Å². The summed E-state index contributed by atoms with van der Waals surface area (Å²) >= 11 is 0. The molecule has 0 atom stereocenters. The Bertz CT molecular complexity index is 1100. The number of aromatic amines is 1. The molecule has 0 saturated heterocycles. The van der Waals surface area contributed by atoms with Crippen LogP contribution in [0.4, 0.5) is 0 Å². The molecule has 2 aromatic heterocycles. The number of hydrogen-bond donors (Lipinski definition) is 5. The summed E-state index contributed by atoms with van der Waals surface area (Å²) in [5, 5.41) is 26.7. The van der Waals surface area contributed by atoms with E-state index in [2.05, 4.69) is 26.3 Å². The minimum Gasteiger partial charge on any atom is -0.506 e. The molecule has 0 unspecified atom stereocenters. The number of aryl methyl sites for hydroxylation is 1. The van der Waals surface area contributed by atoms with Gasteiger partial charge in [0.15, 0.2) is 5.56 Å². The van der Waals surface area contributed by atoms with E-state index in [9.17, 15) is 14.7 Å². The molecule has 0 spiro atoms. The summed E-state index contributed by atoms with van der Waals surface area (Å²) in [6.07, 6.45) is 0. The molecule has 0 aliphatic rings. The molecule has 148 valence electrons. The molecule has 5 N–H and O–H groups in total. The Kier molecular flexibility index (Phi) is 5.53. The summed E-state index contributed by atoms with van der Waals surface area (Å²) in [6.45, 7) is 4.06. The topological polar surface area (TPSA) is 119 Å². The number of carbonyl (C=O) groups is 1. The highest BCUT2D eigenvalue weighted by atomic mass is 16.4. The van der Waals surface area contributed by atoms with Crippen molar-refractivity contribution >= 4 is 16.9 Å². The number of nitrogens with zero attached hydrogens (tertiary/aromatic N) is 1. The molecule has 28 heavy (non-hydrogen) atoms. The number of benzene rings is 1. The maximum absolute atomic E-state index is 12.1. The highest BCUT2D eigenvalue weighted by molar-refractivity contribution is 5.92. The van der Waals surface area contributed by atoms with Crippen molar-refractivity contribution < 1.29 is 15.0 Å². The Morgan fingerprint density at radius 1 is 1.25 bits per heavy atom. The number of hydrogen-bond acceptors (Lipinski definition) is 5. The first-order chi connectivity index (χ1) is 13.3. The standard InChI is InChI=1S/C20H24N4O4/c1-11-17(23-19(26)16(18(11)25)20(27)28)12-4-5-15-13(8-12)9-14(24(15)3)10-22-7-6-21-2/h4-5,8-9,21-22H,6-7,10H2,1-3H3,(H,27,28)(H2,23,25,26). The van der Waals surface area contributed by atoms with Crippen molar-refractivity contribution in [2.24, 2.45) is 7.05 Å². The summed E-state index contributed by atoms with van der Waals surface area (Å²) in [6, 6.07) is 7.79. The summed E-state index contributed by atoms with van der Waals surface area (Å²) in [5.74, 6) is -1.96. The van der Waals surface area contributed by atoms with Gasteiger partial charge in [0, 0.05) is 48.8 Å². The van der Waals surface area contributed by atoms with Crippen molar-refractivity contribution in [3.8, 4) is 17.0 Å². The van der Waals surface area contributed by atoms with Crippen molar-refractivity contribution in [2.75, 3.05) is 20.1 Å². The van der Waals surface area contributed by atoms with Gasteiger partial charge in [0.1, 0.15) is 5.75 Å². The third-order valence-corrected chi connectivity index (χ3v) is 4.93. The molecule has 8 nitrogen and oxygen atoms in total. The second kappa shape index (κ2) is 7.87. The van der Waals surface area contributed by atoms with Crippen molar-refractivity contribution in [3.05, 3.63) is 51.4 Å². The number of H-pyrrole nitrogens is 1. The van der Waals surface area contributed by atoms with Gasteiger partial charge >= 0.3 is 5.97 Å². The molecular formula is C20H24N4O4. The van der Waals surface area contributed by atoms with Crippen LogP contribution in [0.5, 0.6) is 5.75 Å². The van der Waals surface area contributed by atoms with E-state index >= 15 is 0 Å². The molecule has 1 aromatic carbocycles. The lowest BCUT2D eigenvalue weighted by molar-refractivity contribution is 0.0691. The number of aromatic carboxylic acids is 1. The predicted molar refractivity (Wildman–Crippen MR) is 108 cm³/mol. The van der Waals surface area contributed by atoms with E-state index in [1.54, 1.807) is 6.92 Å². The molecule has 0 bridgehead atoms. The van der Waals surface area contributed by atoms with Crippen LogP contribution in [0.1, 0.15) is 21.6 Å². The average Bonchev–Trinajstić information content (AvgIpc) is 2.97. The first-order valence-electron chi connectivity index (χ1n) is 8.98. The second-order valence-corrected chi connectivity index (χ2v) is 6.73. The Hall–Kier alpha value is -3.10. The molecule has 0 aliphatic carbocycles. The van der Waals surface area contributed by atoms with Gasteiger partial charge in [-0.05, 0) is 37.7 Å². The van der Waals surface area contributed by atoms with Crippen molar-refractivity contribution in [1.29, 1.82) is 0 Å². The molecule has 2 heterocycles. The van der Waals surface area contributed by atoms with Gasteiger partial charge < -0.3 is 30.4 Å². The van der Waals surface area contributed by atoms with Gasteiger partial charge in [0.2, 0.25) is 0 Å². The maximum atomic E-state index is 12.1. The quantitative estimate of drug-likeness (QED) is 0.394. The third kappa shape index (κ3) is 3.51. The molecular weight excluding hydrogens is 360 g/mol. The minimum atomic E-state index is -1.46. The number of nitrogens with one attached hydrogen (secondary N) is 3. The van der Waals surface area contributed by atoms with Gasteiger partial charge in [-0.3, -0.25) is 4.79 Å². The monoisotopic (exact) mass is 384 g/mol. The van der Waals surface area contributed by atoms with Crippen LogP contribution in [-0.4, -0.2) is 45.9 Å². The fourth-order valence-electron chi connectivity index (χ4n) is 3.33. The van der Waals surface area contributed by atoms with E-state index in [-0.39, 0.29) is 0 Å². The SMILES string of the molecule is CNCCNCc1cc2cc(-c3[nH]c(=O)c(C(=O)O)c(O)c3C)ccc2n1C. The zero-order valence-corrected chi connectivity index (χ0v) is 16.1. The Morgan fingerprint density at radius 2 is 2.00 bits per heavy atom. The normalized spacial score (nSPS) is 11.2. The number of aromatic nitrogens is 2. The molecule has 0 amide bonds. The van der Waals surface area contributed by atoms with Crippen LogP contribution in [-0.2, 0) is 13.6 Å². The largest absolute Gasteiger partial charge is 0.506 e. The summed E-state index contributed by atoms with van der Waals surface area (Å²) in [4.78, 5) is 25.9. The van der Waals surface area contributed by atoms with Gasteiger partial charge in [0.05, 0.1) is 5.69 Å². The second-order valence-electron chi connectivity index (χ2n) is 6.73. The number of carboxylic acids is 1. The average molecular weight is 384 g/mol. The Morgan fingerprint density at radius 3 is 2.68 bits per heavy atom. The first-order valence-corrected chi connectivity index (χ1v) is 8.98. The zero-order valence-electron chi connectivity index (χ0n) is 16.1. The minimum absolute atomic E-state index is 0.321. The van der Waals surface area contributed by atoms with Crippen LogP contribution in [0.3, 0.4) is 0 Å². The van der Waals surface area contributed by atoms with E-state index in [4.69, 9.17) is 5.11 Å². The van der Waals surface area contributed by atoms with Gasteiger partial charge in [0.25, 0.3) is 5.56 Å². The molecule has 0 aliphatic heterocycles. The van der Waals surface area contributed by atoms with E-state index in [1.165, 1.54) is 0 Å². The highest BCUT2D eigenvalue weighted by Crippen LogP contribution is 2.31. The van der Waals surface area contributed by atoms with E-state index in [0.717, 1.165) is 36.2 Å². The maximum Gasteiger partial charge on any atom is 0.345 e. The first kappa shape index (κ1) is 19.7. The molecule has 0 radical (unpaired) electrons. The number of aromatic hydroxyl groups is 1. The lowest BCUT2D eigenvalue weighted by Crippen LogP contribution is -2.25. The van der Waals surface area contributed by atoms with Crippen molar-refractivity contribution in [1.82, 2.24) is 20.2 Å². The molecule has 3 rings (SSSR count). The van der Waals surface area contributed by atoms with Crippen LogP contribution in [0.25, 0.3) is 22.2 Å². The fraction of sp³-hybridized carbons (Fsp3) is 0.300. The molecule has 3 aromatic rings. The van der Waals surface area contributed by atoms with Crippen molar-refractivity contribution in [2.45, 2.75) is 13.5 Å². The van der Waals surface area contributed by atoms with E-state index < -0.39 is 22.8 Å². The molecule has 0 saturated carbocycles. The highest BCUT2D eigenvalue weighted by Gasteiger charge is 2.20. The summed E-state index contributed by atoms with van der Waals surface area (Å²) < 4.78 is 2.10. The third-order valence-electron chi connectivity index (χ3n) is 4.93. The number of carboxylic acid groups (broad SMARTS) is 1. The van der Waals surface area contributed by atoms with E-state index in [0.29, 0.717) is 16.8 Å². The number of rotatable bonds is 7. The predicted octanol–water partition coefficient (Wildman–Crippen LogP) is 1.55. The summed E-state index contributed by atoms with van der Waals surface area (Å²) in [5.41, 5.74) is 2.13. The van der Waals surface area contributed by atoms with Crippen LogP contribution in [0.2, 0.25) is 0 Å². The van der Waals surface area contributed by atoms with Gasteiger partial charge in [-0.25, -0.2) is 4.79 Å². The Balaban J connectivity index is 2.01. The number of pyridine rings is 1. The lowest BCUT2D eigenvalue weighted by Gasteiger charge is -2.10. The number of fused-ring (bicyclic) bond motifs is 1. The zero-order chi connectivity index (χ0) is 20.4. The van der Waals surface area contributed by atoms with Crippen LogP contribution in [0, 0.1) is 6.92 Å². The molecule has 0 fully saturated rings. The van der Waals surface area contributed by atoms with Crippen LogP contribution >= 0.6 is 0 Å². The van der Waals surface area contributed by atoms with Crippen LogP contribution < -0.4 is 16.2 Å². The van der Waals surface area contributed by atoms with Gasteiger partial charge in [-0.2, -0.15) is 0 Å². The smallest absolute Gasteiger partial charge is 0.345 e. The van der Waals surface area contributed by atoms with Crippen molar-refractivity contribution in [3.63, 3.8) is 0 Å². The lowest BCUT2D eigenvalue weighted by atomic mass is 10.0. The fourth-order valence-corrected chi connectivity index (χ4v) is 3.33. The summed E-state index contributed by atoms with van der Waals surface area (Å²) in [7, 11) is 3.91. The van der Waals surface area contributed by atoms with Crippen LogP contribution in [0.15, 0.2) is 29.1 Å².